The molecule has 9 aromatic carbocycles. The number of nitrogens with zero attached hydrogens (tertiary/aromatic N) is 2. The summed E-state index contributed by atoms with van der Waals surface area (Å²) in [5, 5.41) is 5.03. The molecule has 0 N–H and O–H groups in total. The molecule has 0 amide bonds. The zero-order chi connectivity index (χ0) is 37.7. The minimum absolute atomic E-state index is 1.10. The van der Waals surface area contributed by atoms with Gasteiger partial charge in [-0.15, -0.1) is 11.3 Å². The van der Waals surface area contributed by atoms with Crippen LogP contribution < -0.4 is 4.90 Å². The molecule has 0 fully saturated rings. The van der Waals surface area contributed by atoms with Crippen LogP contribution in [-0.4, -0.2) is 4.57 Å². The number of hydrogen-bond donors (Lipinski definition) is 0. The van der Waals surface area contributed by atoms with E-state index in [0.717, 1.165) is 28.3 Å². The van der Waals surface area contributed by atoms with E-state index in [0.29, 0.717) is 0 Å². The molecule has 0 spiro atoms. The van der Waals surface area contributed by atoms with E-state index in [9.17, 15) is 0 Å². The fraction of sp³-hybridized carbons (Fsp3) is 0. The molecule has 0 aliphatic carbocycles. The van der Waals surface area contributed by atoms with Crippen LogP contribution in [0.2, 0.25) is 0 Å². The quantitative estimate of drug-likeness (QED) is 0.158. The van der Waals surface area contributed by atoms with Crippen LogP contribution in [0.1, 0.15) is 0 Å². The molecule has 0 saturated carbocycles. The number of anilines is 3. The van der Waals surface area contributed by atoms with E-state index in [1.807, 2.05) is 11.3 Å². The van der Waals surface area contributed by atoms with Gasteiger partial charge in [0.05, 0.1) is 16.7 Å². The first-order chi connectivity index (χ1) is 28.3. The maximum absolute atomic E-state index is 2.44. The topological polar surface area (TPSA) is 8.17 Å². The molecule has 3 heteroatoms. The molecule has 0 radical (unpaired) electrons. The standard InChI is InChI=1S/C54H36N2S/c1-3-15-37(16-4-1)43-19-7-8-20-44(43)39-27-29-40(30-28-39)56-51-25-13-10-22-46(51)47-33-31-42(36-52(47)56)55(50-24-12-9-21-45(50)38-17-5-2-6-18-38)41-32-34-54-49(35-41)48-23-11-14-26-53(48)57-54/h1-36H. The van der Waals surface area contributed by atoms with Gasteiger partial charge in [0.1, 0.15) is 0 Å². The fourth-order valence-electron chi connectivity index (χ4n) is 8.58. The van der Waals surface area contributed by atoms with Crippen molar-refractivity contribution in [3.05, 3.63) is 218 Å². The van der Waals surface area contributed by atoms with Gasteiger partial charge < -0.3 is 9.47 Å². The highest BCUT2D eigenvalue weighted by molar-refractivity contribution is 7.25. The third kappa shape index (κ3) is 5.71. The molecule has 0 bridgehead atoms. The van der Waals surface area contributed by atoms with E-state index in [4.69, 9.17) is 0 Å². The van der Waals surface area contributed by atoms with Crippen molar-refractivity contribution in [2.75, 3.05) is 4.90 Å². The van der Waals surface area contributed by atoms with E-state index < -0.39 is 0 Å². The van der Waals surface area contributed by atoms with Crippen molar-refractivity contribution >= 4 is 70.4 Å². The van der Waals surface area contributed by atoms with E-state index in [-0.39, 0.29) is 0 Å². The molecule has 0 atom stereocenters. The summed E-state index contributed by atoms with van der Waals surface area (Å²) in [6.07, 6.45) is 0. The number of hydrogen-bond acceptors (Lipinski definition) is 2. The summed E-state index contributed by atoms with van der Waals surface area (Å²) in [6, 6.07) is 79.4. The molecule has 2 aromatic heterocycles. The Kier molecular flexibility index (Phi) is 8.04. The summed E-state index contributed by atoms with van der Waals surface area (Å²) in [5.74, 6) is 0. The first-order valence-electron chi connectivity index (χ1n) is 19.4. The van der Waals surface area contributed by atoms with Crippen LogP contribution in [0.25, 0.3) is 81.0 Å². The Hall–Kier alpha value is -7.20. The van der Waals surface area contributed by atoms with Crippen molar-refractivity contribution in [3.63, 3.8) is 0 Å². The Morgan fingerprint density at radius 2 is 0.860 bits per heavy atom. The summed E-state index contributed by atoms with van der Waals surface area (Å²) in [5.41, 5.74) is 14.1. The van der Waals surface area contributed by atoms with Crippen molar-refractivity contribution in [3.8, 4) is 39.1 Å². The van der Waals surface area contributed by atoms with Gasteiger partial charge in [0.2, 0.25) is 0 Å². The average Bonchev–Trinajstić information content (AvgIpc) is 3.82. The van der Waals surface area contributed by atoms with Gasteiger partial charge in [-0.05, 0) is 88.5 Å². The Balaban J connectivity index is 1.11. The predicted molar refractivity (Wildman–Crippen MR) is 245 cm³/mol. The van der Waals surface area contributed by atoms with Gasteiger partial charge in [0, 0.05) is 53.6 Å². The summed E-state index contributed by atoms with van der Waals surface area (Å²) >= 11 is 1.85. The first kappa shape index (κ1) is 33.2. The maximum atomic E-state index is 2.44. The number of aromatic nitrogens is 1. The first-order valence-corrected chi connectivity index (χ1v) is 20.2. The van der Waals surface area contributed by atoms with Crippen LogP contribution in [0.4, 0.5) is 17.1 Å². The number of benzene rings is 9. The Labute approximate surface area is 335 Å². The minimum atomic E-state index is 1.10. The molecule has 2 heterocycles. The van der Waals surface area contributed by atoms with Crippen molar-refractivity contribution in [1.29, 1.82) is 0 Å². The van der Waals surface area contributed by atoms with Gasteiger partial charge in [-0.2, -0.15) is 0 Å². The van der Waals surface area contributed by atoms with Gasteiger partial charge >= 0.3 is 0 Å². The lowest BCUT2D eigenvalue weighted by Crippen LogP contribution is -2.11. The van der Waals surface area contributed by atoms with Crippen molar-refractivity contribution in [2.24, 2.45) is 0 Å². The Bertz CT molecular complexity index is 3230. The van der Waals surface area contributed by atoms with Crippen LogP contribution in [-0.2, 0) is 0 Å². The van der Waals surface area contributed by atoms with Crippen molar-refractivity contribution in [2.45, 2.75) is 0 Å². The molecule has 57 heavy (non-hydrogen) atoms. The van der Waals surface area contributed by atoms with E-state index in [2.05, 4.69) is 228 Å². The van der Waals surface area contributed by atoms with Crippen LogP contribution in [0.3, 0.4) is 0 Å². The molecular weight excluding hydrogens is 709 g/mol. The second kappa shape index (κ2) is 13.8. The van der Waals surface area contributed by atoms with Crippen molar-refractivity contribution in [1.82, 2.24) is 4.57 Å². The Morgan fingerprint density at radius 1 is 0.333 bits per heavy atom. The lowest BCUT2D eigenvalue weighted by molar-refractivity contribution is 1.18. The molecule has 0 saturated heterocycles. The smallest absolute Gasteiger partial charge is 0.0561 e. The third-order valence-electron chi connectivity index (χ3n) is 11.2. The second-order valence-corrected chi connectivity index (χ2v) is 15.6. The molecule has 2 nitrogen and oxygen atoms in total. The molecule has 0 unspecified atom stereocenters. The predicted octanol–water partition coefficient (Wildman–Crippen LogP) is 15.6. The van der Waals surface area contributed by atoms with Gasteiger partial charge in [0.25, 0.3) is 0 Å². The highest BCUT2D eigenvalue weighted by Crippen LogP contribution is 2.45. The highest BCUT2D eigenvalue weighted by atomic mass is 32.1. The molecular formula is C54H36N2S. The number of rotatable bonds is 7. The lowest BCUT2D eigenvalue weighted by atomic mass is 9.94. The normalized spacial score (nSPS) is 11.5. The monoisotopic (exact) mass is 744 g/mol. The second-order valence-electron chi connectivity index (χ2n) is 14.5. The van der Waals surface area contributed by atoms with Crippen LogP contribution in [0.5, 0.6) is 0 Å². The number of thiophene rings is 1. The zero-order valence-electron chi connectivity index (χ0n) is 31.1. The summed E-state index contributed by atoms with van der Waals surface area (Å²) < 4.78 is 5.03. The fourth-order valence-corrected chi connectivity index (χ4v) is 9.67. The van der Waals surface area contributed by atoms with Crippen molar-refractivity contribution < 1.29 is 0 Å². The largest absolute Gasteiger partial charge is 0.310 e. The van der Waals surface area contributed by atoms with E-state index >= 15 is 0 Å². The van der Waals surface area contributed by atoms with Gasteiger partial charge in [0.15, 0.2) is 0 Å². The molecule has 268 valence electrons. The lowest BCUT2D eigenvalue weighted by Gasteiger charge is -2.28. The molecule has 11 rings (SSSR count). The van der Waals surface area contributed by atoms with Crippen LogP contribution in [0.15, 0.2) is 218 Å². The van der Waals surface area contributed by atoms with E-state index in [1.165, 1.54) is 69.8 Å². The molecule has 0 aliphatic rings. The highest BCUT2D eigenvalue weighted by Gasteiger charge is 2.21. The van der Waals surface area contributed by atoms with Crippen LogP contribution in [0, 0.1) is 0 Å². The SMILES string of the molecule is c1ccc(-c2ccccc2-c2ccc(-n3c4ccccc4c4ccc(N(c5ccc6sc7ccccc7c6c5)c5ccccc5-c5ccccc5)cc43)cc2)cc1. The minimum Gasteiger partial charge on any atom is -0.310 e. The number of para-hydroxylation sites is 2. The summed E-state index contributed by atoms with van der Waals surface area (Å²) in [6.45, 7) is 0. The maximum Gasteiger partial charge on any atom is 0.0561 e. The molecule has 0 aliphatic heterocycles. The van der Waals surface area contributed by atoms with Crippen LogP contribution >= 0.6 is 11.3 Å². The van der Waals surface area contributed by atoms with E-state index in [1.54, 1.807) is 0 Å². The average molecular weight is 745 g/mol. The molecule has 11 aromatic rings. The summed E-state index contributed by atoms with van der Waals surface area (Å²) in [7, 11) is 0. The number of fused-ring (bicyclic) bond motifs is 6. The van der Waals surface area contributed by atoms with Gasteiger partial charge in [-0.3, -0.25) is 0 Å². The summed E-state index contributed by atoms with van der Waals surface area (Å²) in [4.78, 5) is 2.44. The van der Waals surface area contributed by atoms with Gasteiger partial charge in [-0.25, -0.2) is 0 Å². The Morgan fingerprint density at radius 3 is 1.61 bits per heavy atom. The third-order valence-corrected chi connectivity index (χ3v) is 12.4. The van der Waals surface area contributed by atoms with Gasteiger partial charge in [-0.1, -0.05) is 158 Å². The zero-order valence-corrected chi connectivity index (χ0v) is 31.9.